The molecule has 0 aromatic rings. The van der Waals surface area contributed by atoms with Crippen LogP contribution in [-0.2, 0) is 0 Å². The summed E-state index contributed by atoms with van der Waals surface area (Å²) in [6, 6.07) is 0. The van der Waals surface area contributed by atoms with Gasteiger partial charge in [0, 0.05) is 0 Å². The van der Waals surface area contributed by atoms with Gasteiger partial charge in [-0.05, 0) is 5.92 Å². The van der Waals surface area contributed by atoms with Crippen LogP contribution in [0, 0.1) is 19.8 Å². The van der Waals surface area contributed by atoms with Gasteiger partial charge in [-0.2, -0.15) is 0 Å². The fourth-order valence-corrected chi connectivity index (χ4v) is 3.54. The van der Waals surface area contributed by atoms with E-state index in [0.29, 0.717) is 0 Å². The predicted octanol–water partition coefficient (Wildman–Crippen LogP) is 8.70. The van der Waals surface area contributed by atoms with Gasteiger partial charge in [0.2, 0.25) is 0 Å². The molecule has 0 N–H and O–H groups in total. The molecule has 0 fully saturated rings. The summed E-state index contributed by atoms with van der Waals surface area (Å²) in [4.78, 5) is 0. The molecule has 0 spiro atoms. The molecule has 23 heavy (non-hydrogen) atoms. The summed E-state index contributed by atoms with van der Waals surface area (Å²) in [6.45, 7) is 10.2. The van der Waals surface area contributed by atoms with E-state index in [0.717, 1.165) is 18.8 Å². The molecule has 0 heteroatoms. The van der Waals surface area contributed by atoms with Gasteiger partial charge < -0.3 is 0 Å². The normalized spacial score (nSPS) is 11.5. The molecule has 0 amide bonds. The second-order valence-corrected chi connectivity index (χ2v) is 7.51. The van der Waals surface area contributed by atoms with E-state index in [1.54, 1.807) is 0 Å². The summed E-state index contributed by atoms with van der Waals surface area (Å²) in [5.74, 6) is 1.01. The lowest BCUT2D eigenvalue weighted by Crippen LogP contribution is -1.99. The zero-order chi connectivity index (χ0) is 17.0. The summed E-state index contributed by atoms with van der Waals surface area (Å²) in [6.07, 6.45) is 26.6. The monoisotopic (exact) mass is 322 g/mol. The van der Waals surface area contributed by atoms with Crippen LogP contribution in [0.15, 0.2) is 0 Å². The third-order valence-electron chi connectivity index (χ3n) is 5.30. The van der Waals surface area contributed by atoms with Gasteiger partial charge in [-0.15, -0.1) is 0 Å². The first kappa shape index (κ1) is 23.0. The number of hydrogen-bond acceptors (Lipinski definition) is 0. The lowest BCUT2D eigenvalue weighted by molar-refractivity contribution is 0.392. The van der Waals surface area contributed by atoms with Crippen LogP contribution in [0.1, 0.15) is 129 Å². The first-order valence-electron chi connectivity index (χ1n) is 10.9. The van der Waals surface area contributed by atoms with Crippen molar-refractivity contribution in [1.82, 2.24) is 0 Å². The molecule has 0 atom stereocenters. The smallest absolute Gasteiger partial charge is 0.0417 e. The number of rotatable bonds is 19. The Hall–Kier alpha value is 0. The fraction of sp³-hybridized carbons (Fsp3) is 0.913. The van der Waals surface area contributed by atoms with Crippen molar-refractivity contribution in [2.45, 2.75) is 129 Å². The highest BCUT2D eigenvalue weighted by molar-refractivity contribution is 4.59. The maximum atomic E-state index is 3.91. The fourth-order valence-electron chi connectivity index (χ4n) is 3.54. The topological polar surface area (TPSA) is 0 Å². The van der Waals surface area contributed by atoms with E-state index >= 15 is 0 Å². The molecule has 0 nitrogen and oxygen atoms in total. The van der Waals surface area contributed by atoms with Gasteiger partial charge in [0.05, 0.1) is 0 Å². The van der Waals surface area contributed by atoms with Crippen molar-refractivity contribution in [2.24, 2.45) is 5.92 Å². The van der Waals surface area contributed by atoms with Gasteiger partial charge in [0.25, 0.3) is 0 Å². The minimum absolute atomic E-state index is 1.01. The molecular weight excluding hydrogens is 276 g/mol. The van der Waals surface area contributed by atoms with Gasteiger partial charge in [-0.25, -0.2) is 0 Å². The maximum Gasteiger partial charge on any atom is -0.0417 e. The molecule has 0 aliphatic rings. The molecule has 0 saturated heterocycles. The number of unbranched alkanes of at least 4 members (excludes halogenated alkanes) is 14. The molecule has 138 valence electrons. The average Bonchev–Trinajstić information content (AvgIpc) is 2.57. The summed E-state index contributed by atoms with van der Waals surface area (Å²) >= 11 is 0. The molecule has 0 aliphatic heterocycles. The van der Waals surface area contributed by atoms with E-state index in [1.165, 1.54) is 109 Å². The van der Waals surface area contributed by atoms with E-state index in [9.17, 15) is 0 Å². The van der Waals surface area contributed by atoms with Crippen LogP contribution in [0.3, 0.4) is 0 Å². The number of hydrogen-bond donors (Lipinski definition) is 0. The van der Waals surface area contributed by atoms with Crippen LogP contribution >= 0.6 is 0 Å². The van der Waals surface area contributed by atoms with Crippen LogP contribution in [0.4, 0.5) is 0 Å². The van der Waals surface area contributed by atoms with Crippen LogP contribution in [0.25, 0.3) is 0 Å². The highest BCUT2D eigenvalue weighted by Crippen LogP contribution is 2.21. The van der Waals surface area contributed by atoms with E-state index in [4.69, 9.17) is 0 Å². The van der Waals surface area contributed by atoms with Gasteiger partial charge in [0.1, 0.15) is 0 Å². The third-order valence-corrected chi connectivity index (χ3v) is 5.30. The second kappa shape index (κ2) is 20.0. The molecular formula is C23H46. The van der Waals surface area contributed by atoms with Crippen LogP contribution in [-0.4, -0.2) is 0 Å². The van der Waals surface area contributed by atoms with Crippen LogP contribution in [0.5, 0.6) is 0 Å². The average molecular weight is 323 g/mol. The van der Waals surface area contributed by atoms with Crippen molar-refractivity contribution >= 4 is 0 Å². The van der Waals surface area contributed by atoms with Crippen molar-refractivity contribution in [1.29, 1.82) is 0 Å². The van der Waals surface area contributed by atoms with Gasteiger partial charge >= 0.3 is 0 Å². The zero-order valence-corrected chi connectivity index (χ0v) is 16.4. The minimum Gasteiger partial charge on any atom is -0.0651 e. The molecule has 0 bridgehead atoms. The highest BCUT2D eigenvalue weighted by Gasteiger charge is 2.05. The first-order chi connectivity index (χ1) is 11.3. The molecule has 0 aromatic heterocycles. The second-order valence-electron chi connectivity index (χ2n) is 7.51. The SMILES string of the molecule is [CH2]CCCCCCCCCC(CC)CCCCCCCCC[CH2]. The third kappa shape index (κ3) is 18.2. The molecule has 2 radical (unpaired) electrons. The van der Waals surface area contributed by atoms with Crippen LogP contribution in [0.2, 0.25) is 0 Å². The molecule has 0 heterocycles. The quantitative estimate of drug-likeness (QED) is 0.209. The Bertz CT molecular complexity index is 176. The molecule has 0 aliphatic carbocycles. The van der Waals surface area contributed by atoms with Gasteiger partial charge in [-0.1, -0.05) is 143 Å². The zero-order valence-electron chi connectivity index (χ0n) is 16.4. The Morgan fingerprint density at radius 3 is 1.09 bits per heavy atom. The summed E-state index contributed by atoms with van der Waals surface area (Å²) in [5, 5.41) is 0. The van der Waals surface area contributed by atoms with E-state index in [1.807, 2.05) is 0 Å². The van der Waals surface area contributed by atoms with E-state index in [-0.39, 0.29) is 0 Å². The van der Waals surface area contributed by atoms with Crippen molar-refractivity contribution in [3.05, 3.63) is 13.8 Å². The summed E-state index contributed by atoms with van der Waals surface area (Å²) in [7, 11) is 0. The molecule has 0 unspecified atom stereocenters. The van der Waals surface area contributed by atoms with Gasteiger partial charge in [-0.3, -0.25) is 0 Å². The highest BCUT2D eigenvalue weighted by atomic mass is 14.1. The first-order valence-corrected chi connectivity index (χ1v) is 10.9. The lowest BCUT2D eigenvalue weighted by Gasteiger charge is -2.14. The lowest BCUT2D eigenvalue weighted by atomic mass is 9.92. The Labute approximate surface area is 149 Å². The Kier molecular flexibility index (Phi) is 20.0. The van der Waals surface area contributed by atoms with Crippen LogP contribution < -0.4 is 0 Å². The van der Waals surface area contributed by atoms with Crippen molar-refractivity contribution in [3.8, 4) is 0 Å². The van der Waals surface area contributed by atoms with E-state index < -0.39 is 0 Å². The predicted molar refractivity (Wildman–Crippen MR) is 108 cm³/mol. The molecule has 0 aromatic carbocycles. The van der Waals surface area contributed by atoms with Gasteiger partial charge in [0.15, 0.2) is 0 Å². The van der Waals surface area contributed by atoms with Crippen molar-refractivity contribution in [3.63, 3.8) is 0 Å². The van der Waals surface area contributed by atoms with E-state index in [2.05, 4.69) is 20.8 Å². The molecule has 0 rings (SSSR count). The minimum atomic E-state index is 1.01. The Morgan fingerprint density at radius 1 is 0.478 bits per heavy atom. The summed E-state index contributed by atoms with van der Waals surface area (Å²) < 4.78 is 0. The Balaban J connectivity index is 3.29. The standard InChI is InChI=1S/C23H46/c1-4-7-9-11-13-15-17-19-21-23(6-3)22-20-18-16-14-12-10-8-5-2/h23H,1-2,4-22H2,3H3. The Morgan fingerprint density at radius 2 is 0.783 bits per heavy atom. The van der Waals surface area contributed by atoms with Crippen molar-refractivity contribution < 1.29 is 0 Å². The largest absolute Gasteiger partial charge is 0.0651 e. The summed E-state index contributed by atoms with van der Waals surface area (Å²) in [5.41, 5.74) is 0. The molecule has 0 saturated carbocycles. The maximum absolute atomic E-state index is 3.91. The van der Waals surface area contributed by atoms with Crippen molar-refractivity contribution in [2.75, 3.05) is 0 Å².